The number of benzene rings is 1. The van der Waals surface area contributed by atoms with E-state index in [4.69, 9.17) is 26.8 Å². The number of aliphatic imine (C=N–C) groups is 1. The third kappa shape index (κ3) is 6.30. The highest BCUT2D eigenvalue weighted by atomic mass is 35.5. The Labute approximate surface area is 227 Å². The lowest BCUT2D eigenvalue weighted by Crippen LogP contribution is -2.55. The predicted octanol–water partition coefficient (Wildman–Crippen LogP) is 4.81. The van der Waals surface area contributed by atoms with Crippen LogP contribution in [0.1, 0.15) is 46.1 Å². The second kappa shape index (κ2) is 11.0. The molecule has 37 heavy (non-hydrogen) atoms. The van der Waals surface area contributed by atoms with Crippen molar-refractivity contribution < 1.29 is 14.3 Å². The molecule has 1 spiro atoms. The van der Waals surface area contributed by atoms with Gasteiger partial charge in [-0.1, -0.05) is 23.4 Å². The molecule has 1 aromatic carbocycles. The first-order valence-electron chi connectivity index (χ1n) is 12.4. The second-order valence-corrected chi connectivity index (χ2v) is 12.0. The van der Waals surface area contributed by atoms with Crippen LogP contribution in [0.4, 0.5) is 16.3 Å². The van der Waals surface area contributed by atoms with Gasteiger partial charge < -0.3 is 25.4 Å². The van der Waals surface area contributed by atoms with Gasteiger partial charge in [0.25, 0.3) is 0 Å². The van der Waals surface area contributed by atoms with Crippen LogP contribution < -0.4 is 16.0 Å². The molecule has 2 saturated heterocycles. The summed E-state index contributed by atoms with van der Waals surface area (Å²) in [6, 6.07) is 3.60. The van der Waals surface area contributed by atoms with E-state index in [1.807, 2.05) is 39.8 Å². The number of rotatable bonds is 5. The van der Waals surface area contributed by atoms with Crippen LogP contribution in [0.15, 0.2) is 39.4 Å². The lowest BCUT2D eigenvalue weighted by Gasteiger charge is -2.42. The molecule has 1 amide bonds. The van der Waals surface area contributed by atoms with Gasteiger partial charge >= 0.3 is 6.09 Å². The molecule has 2 aliphatic rings. The number of hydrogen-bond acceptors (Lipinski definition) is 9. The summed E-state index contributed by atoms with van der Waals surface area (Å²) in [7, 11) is 1.68. The van der Waals surface area contributed by atoms with Gasteiger partial charge in [0, 0.05) is 47.9 Å². The fraction of sp³-hybridized carbons (Fsp3) is 0.538. The summed E-state index contributed by atoms with van der Waals surface area (Å²) in [5.74, 6) is 0.824. The summed E-state index contributed by atoms with van der Waals surface area (Å²) >= 11 is 7.98. The summed E-state index contributed by atoms with van der Waals surface area (Å²) < 4.78 is 11.5. The summed E-state index contributed by atoms with van der Waals surface area (Å²) in [6.45, 7) is 9.82. The molecule has 0 aliphatic carbocycles. The number of nitrogens with one attached hydrogen (secondary N) is 1. The molecule has 2 aromatic rings. The minimum absolute atomic E-state index is 0.0700. The molecular weight excluding hydrogens is 512 g/mol. The molecule has 0 unspecified atom stereocenters. The van der Waals surface area contributed by atoms with Crippen LogP contribution in [0.2, 0.25) is 5.02 Å². The highest BCUT2D eigenvalue weighted by Gasteiger charge is 2.50. The zero-order chi connectivity index (χ0) is 26.8. The fourth-order valence-corrected chi connectivity index (χ4v) is 6.00. The molecule has 200 valence electrons. The first kappa shape index (κ1) is 27.5. The number of amides is 1. The monoisotopic (exact) mass is 546 g/mol. The molecule has 4 rings (SSSR count). The van der Waals surface area contributed by atoms with Gasteiger partial charge in [-0.15, -0.1) is 0 Å². The minimum Gasteiger partial charge on any atom is -0.444 e. The van der Waals surface area contributed by atoms with Crippen LogP contribution in [0.3, 0.4) is 0 Å². The molecule has 3 N–H and O–H groups in total. The smallest absolute Gasteiger partial charge is 0.407 e. The number of piperidine rings is 1. The molecule has 0 saturated carbocycles. The van der Waals surface area contributed by atoms with Gasteiger partial charge in [0.1, 0.15) is 16.4 Å². The number of carbonyl (C=O) groups excluding carboxylic acids is 1. The van der Waals surface area contributed by atoms with Gasteiger partial charge in [0.2, 0.25) is 0 Å². The van der Waals surface area contributed by atoms with Crippen LogP contribution in [-0.2, 0) is 9.47 Å². The average Bonchev–Trinajstić information content (AvgIpc) is 3.13. The van der Waals surface area contributed by atoms with Crippen LogP contribution in [-0.4, -0.2) is 66.8 Å². The van der Waals surface area contributed by atoms with E-state index in [1.54, 1.807) is 25.7 Å². The summed E-state index contributed by atoms with van der Waals surface area (Å²) in [5, 5.41) is 4.37. The Bertz CT molecular complexity index is 1150. The van der Waals surface area contributed by atoms with Crippen LogP contribution in [0, 0.1) is 5.41 Å². The van der Waals surface area contributed by atoms with E-state index in [9.17, 15) is 4.79 Å². The van der Waals surface area contributed by atoms with Crippen molar-refractivity contribution in [1.82, 2.24) is 15.3 Å². The van der Waals surface area contributed by atoms with Gasteiger partial charge in [-0.2, -0.15) is 0 Å². The Balaban J connectivity index is 1.39. The average molecular weight is 547 g/mol. The Morgan fingerprint density at radius 1 is 1.32 bits per heavy atom. The highest BCUT2D eigenvalue weighted by Crippen LogP contribution is 2.43. The quantitative estimate of drug-likeness (QED) is 0.405. The standard InChI is InChI=1S/C26H35ClN6O3S/c1-16-23(32-24(34)36-25(2,3)4)26(15-35-16)8-10-33(11-9-26)20-13-31-21(14-30-20)37-19-7-6-18(28)17(12-29-5)22(19)27/h6-7,12-14,16,23H,8-11,15,28H2,1-5H3,(H,32,34)/t16-,23+/m0/s1. The number of hydrogen-bond donors (Lipinski definition) is 2. The fourth-order valence-electron chi connectivity index (χ4n) is 4.89. The third-order valence-electron chi connectivity index (χ3n) is 6.78. The Morgan fingerprint density at radius 3 is 2.68 bits per heavy atom. The van der Waals surface area contributed by atoms with Crippen molar-refractivity contribution in [3.63, 3.8) is 0 Å². The Hall–Kier alpha value is -2.56. The molecule has 11 heteroatoms. The van der Waals surface area contributed by atoms with Crippen molar-refractivity contribution in [2.45, 2.75) is 68.2 Å². The van der Waals surface area contributed by atoms with Crippen molar-refractivity contribution in [3.05, 3.63) is 35.1 Å². The SMILES string of the molecule is CN=Cc1c(N)ccc(Sc2cnc(N3CCC4(CC3)CO[C@@H](C)[C@H]4NC(=O)OC(C)(C)C)cn2)c1Cl. The molecule has 0 bridgehead atoms. The van der Waals surface area contributed by atoms with Gasteiger partial charge in [-0.05, 0) is 52.7 Å². The molecule has 2 aliphatic heterocycles. The number of anilines is 2. The molecular formula is C26H35ClN6O3S. The first-order valence-corrected chi connectivity index (χ1v) is 13.6. The van der Waals surface area contributed by atoms with Crippen molar-refractivity contribution in [2.24, 2.45) is 10.4 Å². The largest absolute Gasteiger partial charge is 0.444 e. The van der Waals surface area contributed by atoms with Crippen molar-refractivity contribution >= 4 is 47.2 Å². The molecule has 0 radical (unpaired) electrons. The number of nitrogen functional groups attached to an aromatic ring is 1. The predicted molar refractivity (Wildman–Crippen MR) is 148 cm³/mol. The third-order valence-corrected chi connectivity index (χ3v) is 8.28. The second-order valence-electron chi connectivity index (χ2n) is 10.6. The number of aromatic nitrogens is 2. The van der Waals surface area contributed by atoms with E-state index >= 15 is 0 Å². The van der Waals surface area contributed by atoms with Gasteiger partial charge in [-0.25, -0.2) is 14.8 Å². The summed E-state index contributed by atoms with van der Waals surface area (Å²) in [5.41, 5.74) is 6.64. The summed E-state index contributed by atoms with van der Waals surface area (Å²) in [4.78, 5) is 28.9. The van der Waals surface area contributed by atoms with Crippen molar-refractivity contribution in [3.8, 4) is 0 Å². The molecule has 2 fully saturated rings. The maximum Gasteiger partial charge on any atom is 0.407 e. The van der Waals surface area contributed by atoms with Gasteiger partial charge in [0.15, 0.2) is 0 Å². The van der Waals surface area contributed by atoms with E-state index in [0.717, 1.165) is 41.7 Å². The first-order chi connectivity index (χ1) is 17.5. The highest BCUT2D eigenvalue weighted by molar-refractivity contribution is 7.99. The number of halogens is 1. The van der Waals surface area contributed by atoms with Gasteiger partial charge in [0.05, 0.1) is 36.2 Å². The van der Waals surface area contributed by atoms with E-state index in [0.29, 0.717) is 22.9 Å². The van der Waals surface area contributed by atoms with E-state index in [2.05, 4.69) is 25.2 Å². The summed E-state index contributed by atoms with van der Waals surface area (Å²) in [6.07, 6.45) is 6.49. The Morgan fingerprint density at radius 2 is 2.05 bits per heavy atom. The number of nitrogens with two attached hydrogens (primary N) is 1. The lowest BCUT2D eigenvalue weighted by molar-refractivity contribution is 0.0434. The zero-order valence-corrected chi connectivity index (χ0v) is 23.5. The molecule has 9 nitrogen and oxygen atoms in total. The number of carbonyl (C=O) groups is 1. The van der Waals surface area contributed by atoms with E-state index in [-0.39, 0.29) is 17.6 Å². The number of alkyl carbamates (subject to hydrolysis) is 1. The molecule has 2 atom stereocenters. The van der Waals surface area contributed by atoms with E-state index < -0.39 is 11.7 Å². The Kier molecular flexibility index (Phi) is 8.20. The molecule has 3 heterocycles. The van der Waals surface area contributed by atoms with E-state index in [1.165, 1.54) is 11.8 Å². The number of ether oxygens (including phenoxy) is 2. The topological polar surface area (TPSA) is 115 Å². The zero-order valence-electron chi connectivity index (χ0n) is 22.0. The normalized spacial score (nSPS) is 21.5. The maximum absolute atomic E-state index is 12.5. The van der Waals surface area contributed by atoms with Crippen LogP contribution in [0.25, 0.3) is 0 Å². The molecule has 1 aromatic heterocycles. The minimum atomic E-state index is -0.544. The van der Waals surface area contributed by atoms with Crippen molar-refractivity contribution in [2.75, 3.05) is 37.4 Å². The maximum atomic E-state index is 12.5. The van der Waals surface area contributed by atoms with Gasteiger partial charge in [-0.3, -0.25) is 4.99 Å². The number of nitrogens with zero attached hydrogens (tertiary/aromatic N) is 4. The lowest BCUT2D eigenvalue weighted by atomic mass is 9.73. The van der Waals surface area contributed by atoms with Crippen LogP contribution in [0.5, 0.6) is 0 Å². The van der Waals surface area contributed by atoms with Crippen molar-refractivity contribution in [1.29, 1.82) is 0 Å². The van der Waals surface area contributed by atoms with Crippen LogP contribution >= 0.6 is 23.4 Å².